The molecule has 0 aliphatic heterocycles. The van der Waals surface area contributed by atoms with Crippen molar-refractivity contribution >= 4 is 23.7 Å². The number of anilines is 2. The summed E-state index contributed by atoms with van der Waals surface area (Å²) < 4.78 is 0. The van der Waals surface area contributed by atoms with E-state index < -0.39 is 0 Å². The lowest BCUT2D eigenvalue weighted by atomic mass is 9.84. The topological polar surface area (TPSA) is 52.7 Å². The highest BCUT2D eigenvalue weighted by Crippen LogP contribution is 2.32. The van der Waals surface area contributed by atoms with Gasteiger partial charge in [0.15, 0.2) is 0 Å². The van der Waals surface area contributed by atoms with Crippen LogP contribution in [0.1, 0.15) is 67.3 Å². The SMILES string of the molecule is CNC(C)CCN(C=O)c1ccc(N(C)C(=O)c2ccc(C3CCCCC3)cc2)cc1. The zero-order valence-electron chi connectivity index (χ0n) is 19.0. The van der Waals surface area contributed by atoms with Crippen molar-refractivity contribution in [1.82, 2.24) is 5.32 Å². The average Bonchev–Trinajstić information content (AvgIpc) is 2.84. The molecule has 1 aliphatic carbocycles. The molecule has 31 heavy (non-hydrogen) atoms. The van der Waals surface area contributed by atoms with E-state index in [0.29, 0.717) is 24.1 Å². The molecule has 0 aromatic heterocycles. The first kappa shape index (κ1) is 23.0. The summed E-state index contributed by atoms with van der Waals surface area (Å²) in [6.07, 6.45) is 8.19. The summed E-state index contributed by atoms with van der Waals surface area (Å²) in [6, 6.07) is 16.1. The van der Waals surface area contributed by atoms with Crippen LogP contribution in [0.15, 0.2) is 48.5 Å². The maximum absolute atomic E-state index is 13.0. The summed E-state index contributed by atoms with van der Waals surface area (Å²) in [4.78, 5) is 27.8. The van der Waals surface area contributed by atoms with E-state index in [1.807, 2.05) is 43.4 Å². The molecule has 0 heterocycles. The zero-order valence-corrected chi connectivity index (χ0v) is 19.0. The van der Waals surface area contributed by atoms with E-state index in [0.717, 1.165) is 24.2 Å². The van der Waals surface area contributed by atoms with Crippen molar-refractivity contribution in [2.24, 2.45) is 0 Å². The molecule has 0 bridgehead atoms. The number of hydrogen-bond acceptors (Lipinski definition) is 3. The lowest BCUT2D eigenvalue weighted by Crippen LogP contribution is -2.30. The molecule has 5 heteroatoms. The maximum Gasteiger partial charge on any atom is 0.258 e. The fourth-order valence-electron chi connectivity index (χ4n) is 4.23. The van der Waals surface area contributed by atoms with Gasteiger partial charge in [-0.05, 0) is 81.1 Å². The lowest BCUT2D eigenvalue weighted by molar-refractivity contribution is -0.107. The predicted molar refractivity (Wildman–Crippen MR) is 128 cm³/mol. The minimum Gasteiger partial charge on any atom is -0.317 e. The molecule has 3 rings (SSSR count). The second-order valence-electron chi connectivity index (χ2n) is 8.61. The molecule has 1 unspecified atom stereocenters. The Morgan fingerprint density at radius 3 is 2.23 bits per heavy atom. The van der Waals surface area contributed by atoms with E-state index in [4.69, 9.17) is 0 Å². The van der Waals surface area contributed by atoms with Crippen LogP contribution in [-0.2, 0) is 4.79 Å². The third-order valence-electron chi connectivity index (χ3n) is 6.53. The minimum atomic E-state index is -0.0296. The Labute approximate surface area is 186 Å². The average molecular weight is 422 g/mol. The summed E-state index contributed by atoms with van der Waals surface area (Å²) in [7, 11) is 3.71. The molecule has 2 aromatic carbocycles. The Kier molecular flexibility index (Phi) is 8.24. The van der Waals surface area contributed by atoms with Crippen LogP contribution in [0.4, 0.5) is 11.4 Å². The molecule has 1 atom stereocenters. The van der Waals surface area contributed by atoms with E-state index >= 15 is 0 Å². The quantitative estimate of drug-likeness (QED) is 0.582. The summed E-state index contributed by atoms with van der Waals surface area (Å²) >= 11 is 0. The van der Waals surface area contributed by atoms with E-state index in [1.54, 1.807) is 16.8 Å². The Bertz CT molecular complexity index is 842. The van der Waals surface area contributed by atoms with Crippen molar-refractivity contribution < 1.29 is 9.59 Å². The molecule has 1 aliphatic rings. The van der Waals surface area contributed by atoms with Gasteiger partial charge in [-0.1, -0.05) is 31.4 Å². The van der Waals surface area contributed by atoms with Gasteiger partial charge >= 0.3 is 0 Å². The van der Waals surface area contributed by atoms with E-state index in [-0.39, 0.29) is 5.91 Å². The van der Waals surface area contributed by atoms with Crippen LogP contribution in [0.25, 0.3) is 0 Å². The summed E-state index contributed by atoms with van der Waals surface area (Å²) in [5.41, 5.74) is 3.69. The molecule has 5 nitrogen and oxygen atoms in total. The van der Waals surface area contributed by atoms with Crippen LogP contribution in [0.3, 0.4) is 0 Å². The van der Waals surface area contributed by atoms with Crippen molar-refractivity contribution in [3.8, 4) is 0 Å². The van der Waals surface area contributed by atoms with Gasteiger partial charge in [0.1, 0.15) is 0 Å². The Balaban J connectivity index is 1.64. The molecular weight excluding hydrogens is 386 g/mol. The first-order chi connectivity index (χ1) is 15.0. The highest BCUT2D eigenvalue weighted by Gasteiger charge is 2.18. The van der Waals surface area contributed by atoms with Gasteiger partial charge in [0.05, 0.1) is 0 Å². The lowest BCUT2D eigenvalue weighted by Gasteiger charge is -2.23. The second-order valence-corrected chi connectivity index (χ2v) is 8.61. The van der Waals surface area contributed by atoms with Crippen molar-refractivity contribution in [3.63, 3.8) is 0 Å². The third-order valence-corrected chi connectivity index (χ3v) is 6.53. The molecular formula is C26H35N3O2. The van der Waals surface area contributed by atoms with Crippen LogP contribution >= 0.6 is 0 Å². The van der Waals surface area contributed by atoms with Gasteiger partial charge in [0, 0.05) is 36.6 Å². The van der Waals surface area contributed by atoms with Crippen molar-refractivity contribution in [2.75, 3.05) is 30.4 Å². The van der Waals surface area contributed by atoms with E-state index in [2.05, 4.69) is 24.4 Å². The standard InChI is InChI=1S/C26H35N3O2/c1-20(27-2)17-18-29(19-30)25-15-13-24(14-16-25)28(3)26(31)23-11-9-22(10-12-23)21-7-5-4-6-8-21/h9-16,19-21,27H,4-8,17-18H2,1-3H3. The van der Waals surface area contributed by atoms with Crippen LogP contribution < -0.4 is 15.1 Å². The number of nitrogens with zero attached hydrogens (tertiary/aromatic N) is 2. The number of rotatable bonds is 9. The summed E-state index contributed by atoms with van der Waals surface area (Å²) in [5.74, 6) is 0.609. The fraction of sp³-hybridized carbons (Fsp3) is 0.462. The van der Waals surface area contributed by atoms with Crippen molar-refractivity contribution in [1.29, 1.82) is 0 Å². The van der Waals surface area contributed by atoms with Crippen molar-refractivity contribution in [2.45, 2.75) is 57.4 Å². The zero-order chi connectivity index (χ0) is 22.2. The Hall–Kier alpha value is -2.66. The van der Waals surface area contributed by atoms with Crippen molar-refractivity contribution in [3.05, 3.63) is 59.7 Å². The third kappa shape index (κ3) is 5.95. The fourth-order valence-corrected chi connectivity index (χ4v) is 4.23. The molecule has 0 saturated heterocycles. The van der Waals surface area contributed by atoms with Crippen LogP contribution in [0.5, 0.6) is 0 Å². The van der Waals surface area contributed by atoms with Crippen LogP contribution in [0.2, 0.25) is 0 Å². The predicted octanol–water partition coefficient (Wildman–Crippen LogP) is 4.97. The molecule has 0 radical (unpaired) electrons. The number of nitrogens with one attached hydrogen (secondary N) is 1. The normalized spacial score (nSPS) is 15.3. The van der Waals surface area contributed by atoms with E-state index in [1.165, 1.54) is 37.7 Å². The highest BCUT2D eigenvalue weighted by atomic mass is 16.2. The highest BCUT2D eigenvalue weighted by molar-refractivity contribution is 6.05. The molecule has 166 valence electrons. The first-order valence-corrected chi connectivity index (χ1v) is 11.4. The monoisotopic (exact) mass is 421 g/mol. The maximum atomic E-state index is 13.0. The van der Waals surface area contributed by atoms with Gasteiger partial charge in [-0.2, -0.15) is 0 Å². The molecule has 2 amide bonds. The molecule has 1 saturated carbocycles. The Morgan fingerprint density at radius 2 is 1.65 bits per heavy atom. The van der Waals surface area contributed by atoms with Gasteiger partial charge in [-0.25, -0.2) is 0 Å². The smallest absolute Gasteiger partial charge is 0.258 e. The van der Waals surface area contributed by atoms with E-state index in [9.17, 15) is 9.59 Å². The van der Waals surface area contributed by atoms with Gasteiger partial charge in [-0.3, -0.25) is 9.59 Å². The Morgan fingerprint density at radius 1 is 1.03 bits per heavy atom. The molecule has 0 spiro atoms. The van der Waals surface area contributed by atoms with Crippen LogP contribution in [-0.4, -0.2) is 39.0 Å². The number of carbonyl (C=O) groups excluding carboxylic acids is 2. The summed E-state index contributed by atoms with van der Waals surface area (Å²) in [5, 5.41) is 3.18. The molecule has 2 aromatic rings. The largest absolute Gasteiger partial charge is 0.317 e. The van der Waals surface area contributed by atoms with Gasteiger partial charge < -0.3 is 15.1 Å². The first-order valence-electron chi connectivity index (χ1n) is 11.4. The molecule has 1 N–H and O–H groups in total. The van der Waals surface area contributed by atoms with Crippen LogP contribution in [0, 0.1) is 0 Å². The second kappa shape index (κ2) is 11.1. The number of amides is 2. The number of carbonyl (C=O) groups is 2. The summed E-state index contributed by atoms with van der Waals surface area (Å²) in [6.45, 7) is 2.74. The number of hydrogen-bond donors (Lipinski definition) is 1. The van der Waals surface area contributed by atoms with Gasteiger partial charge in [0.2, 0.25) is 6.41 Å². The molecule has 1 fully saturated rings. The van der Waals surface area contributed by atoms with Gasteiger partial charge in [0.25, 0.3) is 5.91 Å². The van der Waals surface area contributed by atoms with Gasteiger partial charge in [-0.15, -0.1) is 0 Å². The number of benzene rings is 2. The minimum absolute atomic E-state index is 0.0296.